The van der Waals surface area contributed by atoms with Crippen molar-refractivity contribution in [2.45, 2.75) is 31.7 Å². The number of halogens is 2. The quantitative estimate of drug-likeness (QED) is 0.340. The summed E-state index contributed by atoms with van der Waals surface area (Å²) in [6.07, 6.45) is 3.21. The van der Waals surface area contributed by atoms with E-state index in [0.717, 1.165) is 19.3 Å². The minimum absolute atomic E-state index is 0.0599. The SMILES string of the molecule is NC(=Nc1ccc(F)c(Br)c1)c1nonc1NCC1CCCC(NS(N)(=O)=O)C1. The molecule has 1 aromatic heterocycles. The second-order valence-corrected chi connectivity index (χ2v) is 9.01. The lowest BCUT2D eigenvalue weighted by Crippen LogP contribution is -2.42. The number of nitrogens with zero attached hydrogens (tertiary/aromatic N) is 3. The molecule has 1 aromatic carbocycles. The largest absolute Gasteiger partial charge is 0.382 e. The van der Waals surface area contributed by atoms with Gasteiger partial charge in [-0.05, 0) is 69.6 Å². The molecule has 0 bridgehead atoms. The van der Waals surface area contributed by atoms with Crippen LogP contribution in [0.25, 0.3) is 0 Å². The number of nitrogens with two attached hydrogens (primary N) is 2. The summed E-state index contributed by atoms with van der Waals surface area (Å²) < 4.78 is 43.3. The van der Waals surface area contributed by atoms with E-state index in [1.165, 1.54) is 18.2 Å². The summed E-state index contributed by atoms with van der Waals surface area (Å²) in [5.74, 6) is 0.188. The van der Waals surface area contributed by atoms with E-state index >= 15 is 0 Å². The van der Waals surface area contributed by atoms with Gasteiger partial charge in [-0.15, -0.1) is 0 Å². The molecular weight excluding hydrogens is 469 g/mol. The summed E-state index contributed by atoms with van der Waals surface area (Å²) in [4.78, 5) is 4.22. The van der Waals surface area contributed by atoms with Crippen molar-refractivity contribution in [3.63, 3.8) is 0 Å². The third-order valence-corrected chi connectivity index (χ3v) is 5.83. The van der Waals surface area contributed by atoms with E-state index in [0.29, 0.717) is 24.5 Å². The van der Waals surface area contributed by atoms with E-state index in [1.807, 2.05) is 0 Å². The fourth-order valence-electron chi connectivity index (χ4n) is 3.28. The molecule has 0 radical (unpaired) electrons. The number of benzene rings is 1. The summed E-state index contributed by atoms with van der Waals surface area (Å²) in [6.45, 7) is 0.527. The Labute approximate surface area is 175 Å². The summed E-state index contributed by atoms with van der Waals surface area (Å²) in [5, 5.41) is 15.8. The molecule has 10 nitrogen and oxygen atoms in total. The van der Waals surface area contributed by atoms with Crippen LogP contribution in [-0.2, 0) is 10.2 Å². The van der Waals surface area contributed by atoms with Crippen molar-refractivity contribution in [1.29, 1.82) is 0 Å². The molecule has 29 heavy (non-hydrogen) atoms. The number of anilines is 1. The number of nitrogens with one attached hydrogen (secondary N) is 2. The average molecular weight is 490 g/mol. The van der Waals surface area contributed by atoms with Crippen molar-refractivity contribution >= 4 is 43.5 Å². The van der Waals surface area contributed by atoms with E-state index in [1.54, 1.807) is 0 Å². The third-order valence-electron chi connectivity index (χ3n) is 4.56. The smallest absolute Gasteiger partial charge is 0.274 e. The standard InChI is InChI=1S/C16H21BrFN7O3S/c17-12-7-10(4-5-13(12)18)22-15(19)14-16(24-28-23-14)21-8-9-2-1-3-11(6-9)25-29(20,26)27/h4-5,7,9,11,25H,1-3,6,8H2,(H2,19,22)(H,21,24)(H2,20,26,27). The molecule has 1 aliphatic rings. The third kappa shape index (κ3) is 6.19. The fourth-order valence-corrected chi connectivity index (χ4v) is 4.32. The van der Waals surface area contributed by atoms with Crippen molar-refractivity contribution in [2.75, 3.05) is 11.9 Å². The highest BCUT2D eigenvalue weighted by Crippen LogP contribution is 2.26. The topological polar surface area (TPSA) is 162 Å². The molecule has 2 unspecified atom stereocenters. The summed E-state index contributed by atoms with van der Waals surface area (Å²) in [6, 6.07) is 4.05. The first-order valence-electron chi connectivity index (χ1n) is 8.87. The molecule has 2 atom stereocenters. The van der Waals surface area contributed by atoms with Gasteiger partial charge in [-0.2, -0.15) is 13.1 Å². The highest BCUT2D eigenvalue weighted by Gasteiger charge is 2.25. The second kappa shape index (κ2) is 9.15. The lowest BCUT2D eigenvalue weighted by Gasteiger charge is -2.29. The van der Waals surface area contributed by atoms with Crippen molar-refractivity contribution in [3.8, 4) is 0 Å². The van der Waals surface area contributed by atoms with Crippen LogP contribution >= 0.6 is 15.9 Å². The van der Waals surface area contributed by atoms with Crippen LogP contribution in [0.3, 0.4) is 0 Å². The first kappa shape index (κ1) is 21.6. The maximum absolute atomic E-state index is 13.4. The van der Waals surface area contributed by atoms with E-state index in [4.69, 9.17) is 15.5 Å². The van der Waals surface area contributed by atoms with Gasteiger partial charge < -0.3 is 11.1 Å². The van der Waals surface area contributed by atoms with Crippen LogP contribution in [0.1, 0.15) is 31.4 Å². The van der Waals surface area contributed by atoms with Gasteiger partial charge in [0.25, 0.3) is 10.2 Å². The molecule has 1 aliphatic carbocycles. The maximum Gasteiger partial charge on any atom is 0.274 e. The number of aliphatic imine (C=N–C) groups is 1. The molecule has 1 fully saturated rings. The molecule has 3 rings (SSSR count). The summed E-state index contributed by atoms with van der Waals surface area (Å²) in [5.41, 5.74) is 6.68. The Bertz CT molecular complexity index is 998. The fraction of sp³-hybridized carbons (Fsp3) is 0.438. The normalized spacial score (nSPS) is 20.6. The zero-order valence-electron chi connectivity index (χ0n) is 15.3. The number of hydrogen-bond acceptors (Lipinski definition) is 7. The van der Waals surface area contributed by atoms with E-state index < -0.39 is 16.0 Å². The predicted molar refractivity (Wildman–Crippen MR) is 109 cm³/mol. The minimum atomic E-state index is -3.73. The predicted octanol–water partition coefficient (Wildman–Crippen LogP) is 1.77. The van der Waals surface area contributed by atoms with E-state index in [-0.39, 0.29) is 28.0 Å². The molecule has 13 heteroatoms. The van der Waals surface area contributed by atoms with Gasteiger partial charge in [0, 0.05) is 12.6 Å². The summed E-state index contributed by atoms with van der Waals surface area (Å²) in [7, 11) is -3.73. The number of rotatable bonds is 7. The van der Waals surface area contributed by atoms with Crippen LogP contribution in [0.15, 0.2) is 32.3 Å². The van der Waals surface area contributed by atoms with Gasteiger partial charge in [-0.25, -0.2) is 19.2 Å². The highest BCUT2D eigenvalue weighted by atomic mass is 79.9. The van der Waals surface area contributed by atoms with Crippen LogP contribution in [0, 0.1) is 11.7 Å². The molecule has 0 aliphatic heterocycles. The van der Waals surface area contributed by atoms with Gasteiger partial charge >= 0.3 is 0 Å². The minimum Gasteiger partial charge on any atom is -0.382 e. The van der Waals surface area contributed by atoms with Crippen LogP contribution < -0.4 is 20.9 Å². The Morgan fingerprint density at radius 3 is 2.90 bits per heavy atom. The number of hydrogen-bond donors (Lipinski definition) is 4. The van der Waals surface area contributed by atoms with Crippen molar-refractivity contribution < 1.29 is 17.4 Å². The van der Waals surface area contributed by atoms with Crippen LogP contribution in [0.2, 0.25) is 0 Å². The van der Waals surface area contributed by atoms with Crippen molar-refractivity contribution in [2.24, 2.45) is 21.8 Å². The molecule has 6 N–H and O–H groups in total. The monoisotopic (exact) mass is 489 g/mol. The van der Waals surface area contributed by atoms with Crippen LogP contribution in [-0.4, -0.2) is 37.2 Å². The van der Waals surface area contributed by atoms with Gasteiger partial charge in [-0.3, -0.25) is 0 Å². The number of aromatic nitrogens is 2. The first-order valence-corrected chi connectivity index (χ1v) is 11.2. The molecule has 158 valence electrons. The van der Waals surface area contributed by atoms with Crippen LogP contribution in [0.5, 0.6) is 0 Å². The molecule has 1 saturated carbocycles. The average Bonchev–Trinajstić information content (AvgIpc) is 3.11. The van der Waals surface area contributed by atoms with Gasteiger partial charge in [-0.1, -0.05) is 6.42 Å². The molecule has 2 aromatic rings. The van der Waals surface area contributed by atoms with Gasteiger partial charge in [0.1, 0.15) is 5.82 Å². The van der Waals surface area contributed by atoms with E-state index in [9.17, 15) is 12.8 Å². The highest BCUT2D eigenvalue weighted by molar-refractivity contribution is 9.10. The number of amidine groups is 1. The zero-order chi connectivity index (χ0) is 21.0. The maximum atomic E-state index is 13.4. The Kier molecular flexibility index (Phi) is 6.82. The lowest BCUT2D eigenvalue weighted by molar-refractivity contribution is 0.305. The Hall–Kier alpha value is -2.09. The molecule has 0 spiro atoms. The Morgan fingerprint density at radius 1 is 1.38 bits per heavy atom. The molecular formula is C16H21BrFN7O3S. The Morgan fingerprint density at radius 2 is 2.17 bits per heavy atom. The van der Waals surface area contributed by atoms with Gasteiger partial charge in [0.05, 0.1) is 10.2 Å². The Balaban J connectivity index is 1.64. The van der Waals surface area contributed by atoms with Gasteiger partial charge in [0.15, 0.2) is 11.5 Å². The molecule has 0 amide bonds. The molecule has 0 saturated heterocycles. The second-order valence-electron chi connectivity index (χ2n) is 6.83. The van der Waals surface area contributed by atoms with Gasteiger partial charge in [0.2, 0.25) is 5.82 Å². The van der Waals surface area contributed by atoms with E-state index in [2.05, 4.69) is 41.3 Å². The first-order chi connectivity index (χ1) is 13.7. The zero-order valence-corrected chi connectivity index (χ0v) is 17.7. The van der Waals surface area contributed by atoms with Crippen molar-refractivity contribution in [3.05, 3.63) is 34.2 Å². The summed E-state index contributed by atoms with van der Waals surface area (Å²) >= 11 is 3.10. The molecule has 1 heterocycles. The van der Waals surface area contributed by atoms with Crippen molar-refractivity contribution in [1.82, 2.24) is 15.0 Å². The van der Waals surface area contributed by atoms with Crippen LogP contribution in [0.4, 0.5) is 15.9 Å². The lowest BCUT2D eigenvalue weighted by atomic mass is 9.86.